The number of carbonyl (C=O) groups is 1. The van der Waals surface area contributed by atoms with Crippen LogP contribution in [-0.2, 0) is 32.5 Å². The van der Waals surface area contributed by atoms with Gasteiger partial charge in [0.25, 0.3) is 0 Å². The Morgan fingerprint density at radius 3 is 2.77 bits per heavy atom. The van der Waals surface area contributed by atoms with Crippen molar-refractivity contribution < 1.29 is 17.9 Å². The molecular weight excluding hydrogens is 306 g/mol. The lowest BCUT2D eigenvalue weighted by Gasteiger charge is -2.31. The molecule has 0 saturated heterocycles. The van der Waals surface area contributed by atoms with E-state index in [2.05, 4.69) is 5.10 Å². The predicted octanol–water partition coefficient (Wildman–Crippen LogP) is 0.410. The number of aromatic nitrogens is 2. The lowest BCUT2D eigenvalue weighted by molar-refractivity contribution is -0.130. The highest BCUT2D eigenvalue weighted by atomic mass is 32.2. The van der Waals surface area contributed by atoms with Crippen LogP contribution in [0.15, 0.2) is 6.20 Å². The van der Waals surface area contributed by atoms with E-state index in [-0.39, 0.29) is 11.8 Å². The normalized spacial score (nSPS) is 18.3. The van der Waals surface area contributed by atoms with Gasteiger partial charge in [-0.1, -0.05) is 0 Å². The second-order valence-corrected chi connectivity index (χ2v) is 7.73. The molecule has 0 spiro atoms. The van der Waals surface area contributed by atoms with E-state index in [0.717, 1.165) is 24.1 Å². The number of hydrogen-bond acceptors (Lipinski definition) is 5. The molecule has 0 unspecified atom stereocenters. The highest BCUT2D eigenvalue weighted by Gasteiger charge is 2.31. The number of aryl methyl sites for hydroxylation is 1. The van der Waals surface area contributed by atoms with Crippen LogP contribution in [0.2, 0.25) is 0 Å². The van der Waals surface area contributed by atoms with Crippen LogP contribution in [0, 0.1) is 0 Å². The Kier molecular flexibility index (Phi) is 5.23. The van der Waals surface area contributed by atoms with E-state index in [0.29, 0.717) is 26.3 Å². The molecule has 0 radical (unpaired) electrons. The zero-order chi connectivity index (χ0) is 16.3. The van der Waals surface area contributed by atoms with Crippen LogP contribution in [0.5, 0.6) is 0 Å². The van der Waals surface area contributed by atoms with Gasteiger partial charge in [-0.2, -0.15) is 5.10 Å². The molecule has 0 saturated carbocycles. The first-order chi connectivity index (χ1) is 10.3. The molecular formula is C14H23N3O4S. The van der Waals surface area contributed by atoms with E-state index < -0.39 is 15.6 Å². The summed E-state index contributed by atoms with van der Waals surface area (Å²) in [6.45, 7) is 6.61. The summed E-state index contributed by atoms with van der Waals surface area (Å²) in [5.74, 6) is -0.800. The monoisotopic (exact) mass is 329 g/mol. The molecule has 22 heavy (non-hydrogen) atoms. The van der Waals surface area contributed by atoms with E-state index in [1.165, 1.54) is 0 Å². The smallest absolute Gasteiger partial charge is 0.238 e. The largest absolute Gasteiger partial charge is 0.381 e. The van der Waals surface area contributed by atoms with Gasteiger partial charge >= 0.3 is 0 Å². The maximum absolute atomic E-state index is 12.2. The van der Waals surface area contributed by atoms with Gasteiger partial charge < -0.3 is 9.64 Å². The van der Waals surface area contributed by atoms with Gasteiger partial charge in [0.2, 0.25) is 5.91 Å². The molecule has 0 bridgehead atoms. The Morgan fingerprint density at radius 2 is 2.18 bits per heavy atom. The molecule has 1 aliphatic heterocycles. The van der Waals surface area contributed by atoms with E-state index in [9.17, 15) is 13.2 Å². The highest BCUT2D eigenvalue weighted by Crippen LogP contribution is 2.28. The van der Waals surface area contributed by atoms with Gasteiger partial charge in [0, 0.05) is 43.6 Å². The van der Waals surface area contributed by atoms with Gasteiger partial charge in [-0.25, -0.2) is 8.42 Å². The molecule has 0 aliphatic carbocycles. The van der Waals surface area contributed by atoms with Crippen LogP contribution in [0.3, 0.4) is 0 Å². The van der Waals surface area contributed by atoms with Crippen molar-refractivity contribution in [1.82, 2.24) is 14.7 Å². The molecule has 7 nitrogen and oxygen atoms in total. The third-order valence-corrected chi connectivity index (χ3v) is 4.45. The topological polar surface area (TPSA) is 81.5 Å². The SMILES string of the molecule is CCOC[C@@H]1CN(C(=O)CS(C)(=O)=O)Cc2nn(CC)cc21. The maximum Gasteiger partial charge on any atom is 0.238 e. The Labute approximate surface area is 131 Å². The van der Waals surface area contributed by atoms with Crippen LogP contribution >= 0.6 is 0 Å². The molecule has 1 aromatic rings. The van der Waals surface area contributed by atoms with Gasteiger partial charge in [-0.15, -0.1) is 0 Å². The fourth-order valence-electron chi connectivity index (χ4n) is 2.62. The van der Waals surface area contributed by atoms with Crippen molar-refractivity contribution in [1.29, 1.82) is 0 Å². The average molecular weight is 329 g/mol. The predicted molar refractivity (Wildman–Crippen MR) is 82.3 cm³/mol. The van der Waals surface area contributed by atoms with Gasteiger partial charge in [0.15, 0.2) is 9.84 Å². The number of sulfone groups is 1. The average Bonchev–Trinajstić information content (AvgIpc) is 2.85. The van der Waals surface area contributed by atoms with Crippen molar-refractivity contribution in [2.45, 2.75) is 32.9 Å². The fourth-order valence-corrected chi connectivity index (χ4v) is 3.25. The summed E-state index contributed by atoms with van der Waals surface area (Å²) in [4.78, 5) is 13.8. The highest BCUT2D eigenvalue weighted by molar-refractivity contribution is 7.91. The van der Waals surface area contributed by atoms with Crippen molar-refractivity contribution in [3.63, 3.8) is 0 Å². The molecule has 124 valence electrons. The van der Waals surface area contributed by atoms with Crippen LogP contribution < -0.4 is 0 Å². The Balaban J connectivity index is 2.21. The van der Waals surface area contributed by atoms with E-state index in [1.54, 1.807) is 4.90 Å². The summed E-state index contributed by atoms with van der Waals surface area (Å²) in [7, 11) is -3.33. The number of nitrogens with zero attached hydrogens (tertiary/aromatic N) is 3. The van der Waals surface area contributed by atoms with E-state index in [1.807, 2.05) is 24.7 Å². The van der Waals surface area contributed by atoms with Crippen molar-refractivity contribution >= 4 is 15.7 Å². The molecule has 0 N–H and O–H groups in total. The first-order valence-electron chi connectivity index (χ1n) is 7.43. The van der Waals surface area contributed by atoms with Gasteiger partial charge in [0.05, 0.1) is 18.8 Å². The van der Waals surface area contributed by atoms with Gasteiger partial charge in [0.1, 0.15) is 5.75 Å². The van der Waals surface area contributed by atoms with Crippen molar-refractivity contribution in [2.75, 3.05) is 31.8 Å². The van der Waals surface area contributed by atoms with Crippen LogP contribution in [0.1, 0.15) is 31.0 Å². The summed E-state index contributed by atoms with van der Waals surface area (Å²) in [5.41, 5.74) is 1.93. The molecule has 8 heteroatoms. The zero-order valence-corrected chi connectivity index (χ0v) is 14.1. The quantitative estimate of drug-likeness (QED) is 0.755. The van der Waals surface area contributed by atoms with Crippen LogP contribution in [-0.4, -0.2) is 60.8 Å². The standard InChI is InChI=1S/C14H23N3O4S/c1-4-17-7-12-11(9-21-5-2)6-16(8-13(12)15-17)14(18)10-22(3,19)20/h7,11H,4-6,8-10H2,1-3H3/t11-/m0/s1. The molecule has 1 atom stereocenters. The number of rotatable bonds is 6. The minimum atomic E-state index is -3.33. The van der Waals surface area contributed by atoms with Gasteiger partial charge in [-0.3, -0.25) is 9.48 Å². The Bertz CT molecular complexity index is 639. The summed E-state index contributed by atoms with van der Waals surface area (Å²) in [6, 6.07) is 0. The molecule has 0 fully saturated rings. The van der Waals surface area contributed by atoms with Gasteiger partial charge in [-0.05, 0) is 13.8 Å². The number of fused-ring (bicyclic) bond motifs is 1. The molecule has 0 aromatic carbocycles. The number of amides is 1. The lowest BCUT2D eigenvalue weighted by Crippen LogP contribution is -2.42. The zero-order valence-electron chi connectivity index (χ0n) is 13.3. The van der Waals surface area contributed by atoms with Crippen molar-refractivity contribution in [3.8, 4) is 0 Å². The third-order valence-electron chi connectivity index (χ3n) is 3.68. The summed E-state index contributed by atoms with van der Waals surface area (Å²) >= 11 is 0. The molecule has 2 rings (SSSR count). The number of hydrogen-bond donors (Lipinski definition) is 0. The molecule has 1 aromatic heterocycles. The van der Waals surface area contributed by atoms with Crippen LogP contribution in [0.4, 0.5) is 0 Å². The number of carbonyl (C=O) groups excluding carboxylic acids is 1. The second kappa shape index (κ2) is 6.78. The molecule has 2 heterocycles. The fraction of sp³-hybridized carbons (Fsp3) is 0.714. The minimum absolute atomic E-state index is 0.0347. The third kappa shape index (κ3) is 4.07. The summed E-state index contributed by atoms with van der Waals surface area (Å²) < 4.78 is 30.0. The van der Waals surface area contributed by atoms with Crippen molar-refractivity contribution in [2.24, 2.45) is 0 Å². The Hall–Kier alpha value is -1.41. The first kappa shape index (κ1) is 17.0. The Morgan fingerprint density at radius 1 is 1.45 bits per heavy atom. The summed E-state index contributed by atoms with van der Waals surface area (Å²) in [5, 5.41) is 4.47. The minimum Gasteiger partial charge on any atom is -0.381 e. The molecule has 1 aliphatic rings. The summed E-state index contributed by atoms with van der Waals surface area (Å²) in [6.07, 6.45) is 3.07. The van der Waals surface area contributed by atoms with E-state index in [4.69, 9.17) is 4.74 Å². The van der Waals surface area contributed by atoms with Crippen LogP contribution in [0.25, 0.3) is 0 Å². The second-order valence-electron chi connectivity index (χ2n) is 5.59. The number of ether oxygens (including phenoxy) is 1. The lowest BCUT2D eigenvalue weighted by atomic mass is 9.95. The molecule has 1 amide bonds. The maximum atomic E-state index is 12.2. The van der Waals surface area contributed by atoms with Crippen molar-refractivity contribution in [3.05, 3.63) is 17.5 Å². The first-order valence-corrected chi connectivity index (χ1v) is 9.49. The van der Waals surface area contributed by atoms with E-state index >= 15 is 0 Å².